The Morgan fingerprint density at radius 2 is 1.96 bits per heavy atom. The number of nitrogens with one attached hydrogen (secondary N) is 1. The summed E-state index contributed by atoms with van der Waals surface area (Å²) in [6, 6.07) is 15.4. The fourth-order valence-corrected chi connectivity index (χ4v) is 3.12. The van der Waals surface area contributed by atoms with Crippen LogP contribution in [-0.4, -0.2) is 39.0 Å². The summed E-state index contributed by atoms with van der Waals surface area (Å²) in [4.78, 5) is 12.2. The minimum Gasteiger partial charge on any atom is -0.494 e. The lowest BCUT2D eigenvalue weighted by atomic mass is 10.1. The molecule has 0 saturated carbocycles. The van der Waals surface area contributed by atoms with Crippen LogP contribution < -0.4 is 10.1 Å². The normalized spacial score (nSPS) is 10.5. The molecule has 1 N–H and O–H groups in total. The van der Waals surface area contributed by atoms with Gasteiger partial charge >= 0.3 is 0 Å². The lowest BCUT2D eigenvalue weighted by molar-refractivity contribution is -0.118. The molecule has 0 saturated heterocycles. The van der Waals surface area contributed by atoms with Crippen LogP contribution in [0.5, 0.6) is 5.75 Å². The molecule has 0 bridgehead atoms. The number of aryl methyl sites for hydroxylation is 1. The second-order valence-electron chi connectivity index (χ2n) is 5.54. The molecule has 7 nitrogen and oxygen atoms in total. The largest absolute Gasteiger partial charge is 0.494 e. The first-order valence-corrected chi connectivity index (χ1v) is 9.03. The van der Waals surface area contributed by atoms with E-state index in [2.05, 4.69) is 20.8 Å². The summed E-state index contributed by atoms with van der Waals surface area (Å²) in [7, 11) is 1.59. The molecule has 0 atom stereocenters. The average molecular weight is 369 g/mol. The zero-order chi connectivity index (χ0) is 18.4. The highest BCUT2D eigenvalue weighted by atomic mass is 32.2. The van der Waals surface area contributed by atoms with E-state index >= 15 is 0 Å². The van der Waals surface area contributed by atoms with Gasteiger partial charge in [-0.2, -0.15) is 4.68 Å². The minimum absolute atomic E-state index is 0.0761. The van der Waals surface area contributed by atoms with Gasteiger partial charge in [0.05, 0.1) is 12.9 Å². The van der Waals surface area contributed by atoms with Crippen molar-refractivity contribution in [3.63, 3.8) is 0 Å². The van der Waals surface area contributed by atoms with Gasteiger partial charge in [-0.25, -0.2) is 0 Å². The van der Waals surface area contributed by atoms with Crippen molar-refractivity contribution in [1.29, 1.82) is 0 Å². The molecule has 8 heteroatoms. The molecule has 0 aliphatic rings. The van der Waals surface area contributed by atoms with Gasteiger partial charge in [-0.15, -0.1) is 5.10 Å². The summed E-state index contributed by atoms with van der Waals surface area (Å²) < 4.78 is 6.91. The quantitative estimate of drug-likeness (QED) is 0.644. The molecule has 3 rings (SSSR count). The first-order valence-electron chi connectivity index (χ1n) is 8.05. The van der Waals surface area contributed by atoms with Gasteiger partial charge in [0.25, 0.3) is 0 Å². The standard InChI is InChI=1S/C18H19N5O2S/c1-13-7-3-4-8-14(13)11-19-17(24)12-26-18-20-21-22-23(18)15-9-5-6-10-16(15)25-2/h3-10H,11-12H2,1-2H3,(H,19,24). The molecule has 3 aromatic rings. The van der Waals surface area contributed by atoms with Crippen LogP contribution in [0.25, 0.3) is 5.69 Å². The summed E-state index contributed by atoms with van der Waals surface area (Å²) >= 11 is 1.27. The smallest absolute Gasteiger partial charge is 0.230 e. The lowest BCUT2D eigenvalue weighted by Gasteiger charge is -2.09. The monoisotopic (exact) mass is 369 g/mol. The van der Waals surface area contributed by atoms with Gasteiger partial charge in [-0.1, -0.05) is 48.2 Å². The molecule has 1 aromatic heterocycles. The van der Waals surface area contributed by atoms with Crippen molar-refractivity contribution in [1.82, 2.24) is 25.5 Å². The Morgan fingerprint density at radius 1 is 1.19 bits per heavy atom. The van der Waals surface area contributed by atoms with Crippen LogP contribution in [0.3, 0.4) is 0 Å². The van der Waals surface area contributed by atoms with Gasteiger partial charge in [0.15, 0.2) is 0 Å². The number of tetrazole rings is 1. The lowest BCUT2D eigenvalue weighted by Crippen LogP contribution is -2.25. The van der Waals surface area contributed by atoms with E-state index in [0.29, 0.717) is 17.5 Å². The number of ether oxygens (including phenoxy) is 1. The number of thioether (sulfide) groups is 1. The third kappa shape index (κ3) is 4.20. The molecular formula is C18H19N5O2S. The summed E-state index contributed by atoms with van der Waals surface area (Å²) in [6.07, 6.45) is 0. The van der Waals surface area contributed by atoms with Crippen molar-refractivity contribution < 1.29 is 9.53 Å². The molecule has 26 heavy (non-hydrogen) atoms. The van der Waals surface area contributed by atoms with Crippen LogP contribution in [0.4, 0.5) is 0 Å². The Balaban J connectivity index is 1.61. The number of benzene rings is 2. The minimum atomic E-state index is -0.0761. The third-order valence-electron chi connectivity index (χ3n) is 3.82. The van der Waals surface area contributed by atoms with Crippen molar-refractivity contribution in [3.05, 3.63) is 59.7 Å². The number of aromatic nitrogens is 4. The number of nitrogens with zero attached hydrogens (tertiary/aromatic N) is 4. The SMILES string of the molecule is COc1ccccc1-n1nnnc1SCC(=O)NCc1ccccc1C. The van der Waals surface area contributed by atoms with Crippen LogP contribution in [0, 0.1) is 6.92 Å². The van der Waals surface area contributed by atoms with E-state index in [9.17, 15) is 4.79 Å². The predicted octanol–water partition coefficient (Wildman–Crippen LogP) is 2.39. The van der Waals surface area contributed by atoms with E-state index in [-0.39, 0.29) is 11.7 Å². The Hall–Kier alpha value is -2.87. The van der Waals surface area contributed by atoms with E-state index in [4.69, 9.17) is 4.74 Å². The summed E-state index contributed by atoms with van der Waals surface area (Å²) in [5.41, 5.74) is 2.98. The maximum Gasteiger partial charge on any atom is 0.230 e. The summed E-state index contributed by atoms with van der Waals surface area (Å²) in [6.45, 7) is 2.53. The van der Waals surface area contributed by atoms with Gasteiger partial charge < -0.3 is 10.1 Å². The predicted molar refractivity (Wildman–Crippen MR) is 99.5 cm³/mol. The van der Waals surface area contributed by atoms with E-state index < -0.39 is 0 Å². The highest BCUT2D eigenvalue weighted by molar-refractivity contribution is 7.99. The van der Waals surface area contributed by atoms with Crippen LogP contribution >= 0.6 is 11.8 Å². The zero-order valence-electron chi connectivity index (χ0n) is 14.5. The molecule has 0 aliphatic heterocycles. The topological polar surface area (TPSA) is 81.9 Å². The van der Waals surface area contributed by atoms with Crippen molar-refractivity contribution in [2.45, 2.75) is 18.6 Å². The molecular weight excluding hydrogens is 350 g/mol. The van der Waals surface area contributed by atoms with E-state index in [1.165, 1.54) is 11.8 Å². The molecule has 134 valence electrons. The maximum absolute atomic E-state index is 12.2. The number of carbonyl (C=O) groups excluding carboxylic acids is 1. The molecule has 0 spiro atoms. The molecule has 0 unspecified atom stereocenters. The van der Waals surface area contributed by atoms with Crippen molar-refractivity contribution in [3.8, 4) is 11.4 Å². The Morgan fingerprint density at radius 3 is 2.77 bits per heavy atom. The van der Waals surface area contributed by atoms with Crippen molar-refractivity contribution >= 4 is 17.7 Å². The number of methoxy groups -OCH3 is 1. The highest BCUT2D eigenvalue weighted by Gasteiger charge is 2.14. The van der Waals surface area contributed by atoms with Gasteiger partial charge in [-0.05, 0) is 40.6 Å². The fraction of sp³-hybridized carbons (Fsp3) is 0.222. The van der Waals surface area contributed by atoms with Crippen LogP contribution in [-0.2, 0) is 11.3 Å². The highest BCUT2D eigenvalue weighted by Crippen LogP contribution is 2.25. The molecule has 2 aromatic carbocycles. The van der Waals surface area contributed by atoms with E-state index in [1.54, 1.807) is 11.8 Å². The number of amides is 1. The summed E-state index contributed by atoms with van der Waals surface area (Å²) in [5, 5.41) is 15.2. The average Bonchev–Trinajstić information content (AvgIpc) is 3.14. The van der Waals surface area contributed by atoms with Crippen molar-refractivity contribution in [2.24, 2.45) is 0 Å². The third-order valence-corrected chi connectivity index (χ3v) is 4.74. The first-order chi connectivity index (χ1) is 12.7. The zero-order valence-corrected chi connectivity index (χ0v) is 15.4. The summed E-state index contributed by atoms with van der Waals surface area (Å²) in [5.74, 6) is 0.806. The van der Waals surface area contributed by atoms with E-state index in [1.807, 2.05) is 55.5 Å². The first kappa shape index (κ1) is 17.9. The van der Waals surface area contributed by atoms with Crippen molar-refractivity contribution in [2.75, 3.05) is 12.9 Å². The number of hydrogen-bond donors (Lipinski definition) is 1. The van der Waals surface area contributed by atoms with E-state index in [0.717, 1.165) is 16.8 Å². The molecule has 1 heterocycles. The molecule has 0 radical (unpaired) electrons. The Bertz CT molecular complexity index is 897. The number of para-hydroxylation sites is 2. The molecule has 1 amide bonds. The van der Waals surface area contributed by atoms with Gasteiger partial charge in [0, 0.05) is 6.54 Å². The second kappa shape index (κ2) is 8.48. The molecule has 0 aliphatic carbocycles. The molecule has 0 fully saturated rings. The fourth-order valence-electron chi connectivity index (χ4n) is 2.41. The Labute approximate surface area is 155 Å². The number of rotatable bonds is 7. The van der Waals surface area contributed by atoms with Gasteiger partial charge in [-0.3, -0.25) is 4.79 Å². The van der Waals surface area contributed by atoms with Crippen LogP contribution in [0.1, 0.15) is 11.1 Å². The number of carbonyl (C=O) groups is 1. The van der Waals surface area contributed by atoms with Gasteiger partial charge in [0.2, 0.25) is 11.1 Å². The second-order valence-corrected chi connectivity index (χ2v) is 6.48. The van der Waals surface area contributed by atoms with Crippen LogP contribution in [0.15, 0.2) is 53.7 Å². The van der Waals surface area contributed by atoms with Gasteiger partial charge in [0.1, 0.15) is 11.4 Å². The Kier molecular flexibility index (Phi) is 5.85. The maximum atomic E-state index is 12.2. The van der Waals surface area contributed by atoms with Crippen LogP contribution in [0.2, 0.25) is 0 Å². The number of hydrogen-bond acceptors (Lipinski definition) is 6.